The second-order valence-corrected chi connectivity index (χ2v) is 8.71. The molecule has 1 N–H and O–H groups in total. The summed E-state index contributed by atoms with van der Waals surface area (Å²) >= 11 is 0. The Balaban J connectivity index is 1.37. The van der Waals surface area contributed by atoms with Crippen molar-refractivity contribution in [2.24, 2.45) is 5.92 Å². The highest BCUT2D eigenvalue weighted by Gasteiger charge is 2.28. The topological polar surface area (TPSA) is 80.4 Å². The van der Waals surface area contributed by atoms with Gasteiger partial charge in [-0.05, 0) is 42.7 Å². The number of hydrogen-bond acceptors (Lipinski definition) is 5. The summed E-state index contributed by atoms with van der Waals surface area (Å²) in [6.07, 6.45) is 3.93. The summed E-state index contributed by atoms with van der Waals surface area (Å²) in [5.74, 6) is 1.11. The van der Waals surface area contributed by atoms with Crippen LogP contribution in [0.25, 0.3) is 11.0 Å². The number of fused-ring (bicyclic) bond motifs is 1. The van der Waals surface area contributed by atoms with Gasteiger partial charge in [0.15, 0.2) is 5.82 Å². The molecular formula is C27H28N4O3. The van der Waals surface area contributed by atoms with E-state index in [1.54, 1.807) is 10.8 Å². The summed E-state index contributed by atoms with van der Waals surface area (Å²) in [4.78, 5) is 33.2. The van der Waals surface area contributed by atoms with Crippen molar-refractivity contribution in [1.82, 2.24) is 14.9 Å². The van der Waals surface area contributed by atoms with Crippen LogP contribution in [0.2, 0.25) is 0 Å². The molecule has 1 fully saturated rings. The van der Waals surface area contributed by atoms with E-state index >= 15 is 0 Å². The van der Waals surface area contributed by atoms with Crippen LogP contribution in [0.4, 0.5) is 5.82 Å². The number of furan rings is 1. The third kappa shape index (κ3) is 4.73. The SMILES string of the molecule is O=C(NCCc1ccco1)C1CCCN(c2nc3ccccc3n(Cc3ccccc3)c2=O)C1. The molecule has 0 spiro atoms. The van der Waals surface area contributed by atoms with E-state index in [1.165, 1.54) is 0 Å². The zero-order valence-electron chi connectivity index (χ0n) is 19.0. The summed E-state index contributed by atoms with van der Waals surface area (Å²) in [6, 6.07) is 21.4. The fourth-order valence-corrected chi connectivity index (χ4v) is 4.60. The Hall–Kier alpha value is -3.87. The number of nitrogens with one attached hydrogen (secondary N) is 1. The van der Waals surface area contributed by atoms with Gasteiger partial charge in [0.25, 0.3) is 5.56 Å². The molecule has 0 radical (unpaired) electrons. The van der Waals surface area contributed by atoms with E-state index in [1.807, 2.05) is 71.6 Å². The van der Waals surface area contributed by atoms with Gasteiger partial charge >= 0.3 is 0 Å². The molecule has 1 atom stereocenters. The van der Waals surface area contributed by atoms with E-state index in [0.29, 0.717) is 38.4 Å². The molecule has 1 saturated heterocycles. The molecule has 7 heteroatoms. The number of anilines is 1. The van der Waals surface area contributed by atoms with E-state index in [9.17, 15) is 9.59 Å². The van der Waals surface area contributed by atoms with Crippen LogP contribution in [0, 0.1) is 5.92 Å². The van der Waals surface area contributed by atoms with Crippen molar-refractivity contribution < 1.29 is 9.21 Å². The van der Waals surface area contributed by atoms with E-state index in [2.05, 4.69) is 5.32 Å². The molecule has 0 aliphatic carbocycles. The molecule has 3 heterocycles. The third-order valence-electron chi connectivity index (χ3n) is 6.36. The number of aromatic nitrogens is 2. The van der Waals surface area contributed by atoms with Gasteiger partial charge in [0.1, 0.15) is 5.76 Å². The standard InChI is InChI=1S/C27H28N4O3/c32-26(28-15-14-22-11-7-17-34-22)21-10-6-16-30(19-21)25-27(33)31(18-20-8-2-1-3-9-20)24-13-5-4-12-23(24)29-25/h1-5,7-9,11-13,17,21H,6,10,14-16,18-19H2,(H,28,32). The first-order chi connectivity index (χ1) is 16.7. The Kier molecular flexibility index (Phi) is 6.42. The van der Waals surface area contributed by atoms with Crippen molar-refractivity contribution >= 4 is 22.8 Å². The molecule has 174 valence electrons. The van der Waals surface area contributed by atoms with Gasteiger partial charge in [-0.15, -0.1) is 0 Å². The maximum Gasteiger partial charge on any atom is 0.294 e. The molecule has 4 aromatic rings. The molecule has 1 amide bonds. The number of carbonyl (C=O) groups excluding carboxylic acids is 1. The summed E-state index contributed by atoms with van der Waals surface area (Å²) < 4.78 is 7.12. The minimum absolute atomic E-state index is 0.0154. The van der Waals surface area contributed by atoms with Gasteiger partial charge < -0.3 is 14.6 Å². The number of nitrogens with zero attached hydrogens (tertiary/aromatic N) is 3. The molecule has 0 bridgehead atoms. The van der Waals surface area contributed by atoms with Gasteiger partial charge in [0.2, 0.25) is 5.91 Å². The maximum atomic E-state index is 13.6. The second kappa shape index (κ2) is 9.95. The number of amides is 1. The monoisotopic (exact) mass is 456 g/mol. The second-order valence-electron chi connectivity index (χ2n) is 8.71. The molecule has 0 saturated carbocycles. The lowest BCUT2D eigenvalue weighted by Gasteiger charge is -2.32. The van der Waals surface area contributed by atoms with Crippen LogP contribution < -0.4 is 15.8 Å². The number of para-hydroxylation sites is 2. The van der Waals surface area contributed by atoms with Gasteiger partial charge in [-0.2, -0.15) is 0 Å². The van der Waals surface area contributed by atoms with E-state index in [0.717, 1.165) is 35.2 Å². The van der Waals surface area contributed by atoms with Crippen LogP contribution in [-0.2, 0) is 17.8 Å². The van der Waals surface area contributed by atoms with Gasteiger partial charge in [-0.25, -0.2) is 4.98 Å². The molecule has 1 aliphatic rings. The zero-order chi connectivity index (χ0) is 23.3. The van der Waals surface area contributed by atoms with Gasteiger partial charge in [-0.3, -0.25) is 14.2 Å². The van der Waals surface area contributed by atoms with Crippen molar-refractivity contribution in [3.63, 3.8) is 0 Å². The Morgan fingerprint density at radius 1 is 1.06 bits per heavy atom. The number of rotatable bonds is 7. The Bertz CT molecular complexity index is 1310. The average molecular weight is 457 g/mol. The van der Waals surface area contributed by atoms with Crippen LogP contribution in [0.15, 0.2) is 82.2 Å². The number of carbonyl (C=O) groups is 1. The van der Waals surface area contributed by atoms with Crippen LogP contribution in [-0.4, -0.2) is 35.1 Å². The Morgan fingerprint density at radius 3 is 2.71 bits per heavy atom. The smallest absolute Gasteiger partial charge is 0.294 e. The van der Waals surface area contributed by atoms with Crippen molar-refractivity contribution in [3.05, 3.63) is 94.7 Å². The number of hydrogen-bond donors (Lipinski definition) is 1. The van der Waals surface area contributed by atoms with Gasteiger partial charge in [-0.1, -0.05) is 42.5 Å². The number of piperidine rings is 1. The maximum absolute atomic E-state index is 13.6. The minimum atomic E-state index is -0.180. The van der Waals surface area contributed by atoms with E-state index in [-0.39, 0.29) is 17.4 Å². The molecule has 5 rings (SSSR count). The van der Waals surface area contributed by atoms with Gasteiger partial charge in [0, 0.05) is 26.1 Å². The lowest BCUT2D eigenvalue weighted by Crippen LogP contribution is -2.46. The van der Waals surface area contributed by atoms with E-state index < -0.39 is 0 Å². The largest absolute Gasteiger partial charge is 0.469 e. The highest BCUT2D eigenvalue weighted by Crippen LogP contribution is 2.22. The van der Waals surface area contributed by atoms with Crippen molar-refractivity contribution in [2.45, 2.75) is 25.8 Å². The molecule has 34 heavy (non-hydrogen) atoms. The summed E-state index contributed by atoms with van der Waals surface area (Å²) in [6.45, 7) is 2.20. The fraction of sp³-hybridized carbons (Fsp3) is 0.296. The van der Waals surface area contributed by atoms with Crippen LogP contribution in [0.5, 0.6) is 0 Å². The molecule has 2 aromatic heterocycles. The lowest BCUT2D eigenvalue weighted by molar-refractivity contribution is -0.125. The predicted octanol–water partition coefficient (Wildman–Crippen LogP) is 3.61. The first-order valence-corrected chi connectivity index (χ1v) is 11.8. The van der Waals surface area contributed by atoms with Crippen molar-refractivity contribution in [3.8, 4) is 0 Å². The normalized spacial score (nSPS) is 16.0. The molecule has 2 aromatic carbocycles. The van der Waals surface area contributed by atoms with Crippen LogP contribution in [0.1, 0.15) is 24.2 Å². The lowest BCUT2D eigenvalue weighted by atomic mass is 9.97. The fourth-order valence-electron chi connectivity index (χ4n) is 4.60. The third-order valence-corrected chi connectivity index (χ3v) is 6.36. The Labute approximate surface area is 198 Å². The van der Waals surface area contributed by atoms with Crippen molar-refractivity contribution in [2.75, 3.05) is 24.5 Å². The Morgan fingerprint density at radius 2 is 1.88 bits per heavy atom. The van der Waals surface area contributed by atoms with Crippen molar-refractivity contribution in [1.29, 1.82) is 0 Å². The summed E-state index contributed by atoms with van der Waals surface area (Å²) in [7, 11) is 0. The summed E-state index contributed by atoms with van der Waals surface area (Å²) in [5, 5.41) is 3.02. The highest BCUT2D eigenvalue weighted by atomic mass is 16.3. The molecule has 1 unspecified atom stereocenters. The molecular weight excluding hydrogens is 428 g/mol. The van der Waals surface area contributed by atoms with E-state index in [4.69, 9.17) is 9.40 Å². The summed E-state index contributed by atoms with van der Waals surface area (Å²) in [5.41, 5.74) is 2.52. The van der Waals surface area contributed by atoms with Gasteiger partial charge in [0.05, 0.1) is 29.8 Å². The highest BCUT2D eigenvalue weighted by molar-refractivity contribution is 5.80. The average Bonchev–Trinajstić information content (AvgIpc) is 3.40. The quantitative estimate of drug-likeness (QED) is 0.460. The minimum Gasteiger partial charge on any atom is -0.469 e. The van der Waals surface area contributed by atoms with Crippen LogP contribution >= 0.6 is 0 Å². The zero-order valence-corrected chi connectivity index (χ0v) is 19.0. The molecule has 1 aliphatic heterocycles. The number of benzene rings is 2. The predicted molar refractivity (Wildman–Crippen MR) is 132 cm³/mol. The molecule has 7 nitrogen and oxygen atoms in total. The first-order valence-electron chi connectivity index (χ1n) is 11.8. The van der Waals surface area contributed by atoms with Crippen LogP contribution in [0.3, 0.4) is 0 Å². The first kappa shape index (κ1) is 21.9.